The summed E-state index contributed by atoms with van der Waals surface area (Å²) in [5.74, 6) is 0. The lowest BCUT2D eigenvalue weighted by Gasteiger charge is -2.18. The summed E-state index contributed by atoms with van der Waals surface area (Å²) in [5.41, 5.74) is 10.8. The van der Waals surface area contributed by atoms with Crippen molar-refractivity contribution in [3.8, 4) is 27.9 Å². The molecule has 3 heteroatoms. The largest absolute Gasteiger partial charge is 0.464 e. The molecule has 228 valence electrons. The predicted molar refractivity (Wildman–Crippen MR) is 204 cm³/mol. The van der Waals surface area contributed by atoms with Gasteiger partial charge in [-0.3, -0.25) is 0 Å². The van der Waals surface area contributed by atoms with Crippen LogP contribution in [0.5, 0.6) is 0 Å². The lowest BCUT2D eigenvalue weighted by molar-refractivity contribution is 0.617. The molecule has 0 N–H and O–H groups in total. The molecule has 0 aliphatic rings. The van der Waals surface area contributed by atoms with Gasteiger partial charge < -0.3 is 13.4 Å². The van der Waals surface area contributed by atoms with E-state index in [1.165, 1.54) is 60.0 Å². The average molecular weight is 626 g/mol. The van der Waals surface area contributed by atoms with Crippen LogP contribution in [0.3, 0.4) is 0 Å². The van der Waals surface area contributed by atoms with Crippen molar-refractivity contribution in [3.63, 3.8) is 0 Å². The molecule has 0 saturated heterocycles. The molecule has 3 nitrogen and oxygen atoms in total. The van der Waals surface area contributed by atoms with Crippen LogP contribution in [0.4, 0.5) is 0 Å². The van der Waals surface area contributed by atoms with Gasteiger partial charge in [-0.2, -0.15) is 0 Å². The van der Waals surface area contributed by atoms with Crippen molar-refractivity contribution in [2.45, 2.75) is 0 Å². The van der Waals surface area contributed by atoms with E-state index in [9.17, 15) is 0 Å². The van der Waals surface area contributed by atoms with Crippen LogP contribution in [0.2, 0.25) is 0 Å². The number of fused-ring (bicyclic) bond motifs is 9. The van der Waals surface area contributed by atoms with Crippen LogP contribution in [-0.2, 0) is 0 Å². The number of rotatable bonds is 3. The third-order valence-corrected chi connectivity index (χ3v) is 10.3. The summed E-state index contributed by atoms with van der Waals surface area (Å²) in [6.07, 6.45) is 1.92. The number of benzene rings is 8. The molecule has 49 heavy (non-hydrogen) atoms. The predicted octanol–water partition coefficient (Wildman–Crippen LogP) is 13.1. The summed E-state index contributed by atoms with van der Waals surface area (Å²) in [5, 5.41) is 10.5. The molecule has 0 aliphatic heterocycles. The monoisotopic (exact) mass is 625 g/mol. The first kappa shape index (κ1) is 26.5. The van der Waals surface area contributed by atoms with Crippen LogP contribution in [0.1, 0.15) is 0 Å². The molecule has 3 heterocycles. The van der Waals surface area contributed by atoms with E-state index in [-0.39, 0.29) is 0 Å². The highest BCUT2D eigenvalue weighted by Crippen LogP contribution is 2.49. The smallest absolute Gasteiger partial charge is 0.136 e. The van der Waals surface area contributed by atoms with E-state index in [2.05, 4.69) is 150 Å². The fourth-order valence-corrected chi connectivity index (χ4v) is 8.23. The maximum Gasteiger partial charge on any atom is 0.136 e. The van der Waals surface area contributed by atoms with Gasteiger partial charge in [-0.1, -0.05) is 115 Å². The molecule has 11 rings (SSSR count). The van der Waals surface area contributed by atoms with Crippen molar-refractivity contribution in [2.75, 3.05) is 0 Å². The van der Waals surface area contributed by atoms with Gasteiger partial charge in [0, 0.05) is 43.7 Å². The molecule has 0 saturated carbocycles. The SMILES string of the molecule is c1ccc(-n2c3ccccc3c3c(-c4c5ccccc5c(-c5coc6cc7c(cc56)oc5ccccc57)c5ccccc45)cccc32)cc1. The minimum atomic E-state index is 0.852. The molecular formula is C46H27NO2. The highest BCUT2D eigenvalue weighted by molar-refractivity contribution is 6.27. The Morgan fingerprint density at radius 3 is 1.67 bits per heavy atom. The summed E-state index contributed by atoms with van der Waals surface area (Å²) in [6, 6.07) is 56.3. The van der Waals surface area contributed by atoms with E-state index in [0.29, 0.717) is 0 Å². The van der Waals surface area contributed by atoms with Crippen molar-refractivity contribution in [1.29, 1.82) is 0 Å². The van der Waals surface area contributed by atoms with Crippen molar-refractivity contribution in [1.82, 2.24) is 4.57 Å². The molecule has 0 spiro atoms. The van der Waals surface area contributed by atoms with E-state index >= 15 is 0 Å². The number of aromatic nitrogens is 1. The molecule has 0 amide bonds. The van der Waals surface area contributed by atoms with Crippen LogP contribution >= 0.6 is 0 Å². The Morgan fingerprint density at radius 1 is 0.367 bits per heavy atom. The quantitative estimate of drug-likeness (QED) is 0.183. The Kier molecular flexibility index (Phi) is 5.38. The van der Waals surface area contributed by atoms with Gasteiger partial charge in [0.05, 0.1) is 17.3 Å². The van der Waals surface area contributed by atoms with Gasteiger partial charge in [-0.15, -0.1) is 0 Å². The molecule has 0 bridgehead atoms. The second-order valence-corrected chi connectivity index (χ2v) is 12.8. The van der Waals surface area contributed by atoms with Crippen LogP contribution in [0, 0.1) is 0 Å². The first-order valence-corrected chi connectivity index (χ1v) is 16.7. The van der Waals surface area contributed by atoms with Gasteiger partial charge in [0.1, 0.15) is 16.7 Å². The minimum absolute atomic E-state index is 0.852. The standard InChI is InChI=1S/C46H27NO2/c1-2-13-28(14-3-1)47-39-22-10-8-20-34(39)46-35(21-12-23-40(46)47)44-30-16-4-6-18-32(30)45(33-19-7-5-17-31(33)44)38-27-48-42-25-36-29-15-9-11-24-41(29)49-43(36)26-37(38)42/h1-27H. The Bertz CT molecular complexity index is 3050. The van der Waals surface area contributed by atoms with Gasteiger partial charge in [0.25, 0.3) is 0 Å². The number of hydrogen-bond donors (Lipinski definition) is 0. The zero-order valence-corrected chi connectivity index (χ0v) is 26.4. The maximum atomic E-state index is 6.35. The third kappa shape index (κ3) is 3.67. The van der Waals surface area contributed by atoms with Gasteiger partial charge in [0.15, 0.2) is 0 Å². The van der Waals surface area contributed by atoms with E-state index in [0.717, 1.165) is 44.2 Å². The fraction of sp³-hybridized carbons (Fsp3) is 0. The number of hydrogen-bond acceptors (Lipinski definition) is 2. The van der Waals surface area contributed by atoms with E-state index < -0.39 is 0 Å². The molecule has 8 aromatic carbocycles. The molecule has 0 unspecified atom stereocenters. The van der Waals surface area contributed by atoms with Gasteiger partial charge in [0.2, 0.25) is 0 Å². The molecule has 0 radical (unpaired) electrons. The highest BCUT2D eigenvalue weighted by atomic mass is 16.3. The zero-order valence-electron chi connectivity index (χ0n) is 26.4. The van der Waals surface area contributed by atoms with E-state index in [1.807, 2.05) is 18.4 Å². The molecule has 0 aliphatic carbocycles. The molecular weight excluding hydrogens is 599 g/mol. The number of para-hydroxylation sites is 3. The zero-order chi connectivity index (χ0) is 32.1. The summed E-state index contributed by atoms with van der Waals surface area (Å²) in [6.45, 7) is 0. The van der Waals surface area contributed by atoms with E-state index in [1.54, 1.807) is 0 Å². The second kappa shape index (κ2) is 9.96. The topological polar surface area (TPSA) is 31.2 Å². The van der Waals surface area contributed by atoms with Gasteiger partial charge in [-0.25, -0.2) is 0 Å². The lowest BCUT2D eigenvalue weighted by atomic mass is 9.85. The summed E-state index contributed by atoms with van der Waals surface area (Å²) >= 11 is 0. The molecule has 3 aromatic heterocycles. The summed E-state index contributed by atoms with van der Waals surface area (Å²) in [7, 11) is 0. The minimum Gasteiger partial charge on any atom is -0.464 e. The normalized spacial score (nSPS) is 12.1. The van der Waals surface area contributed by atoms with Gasteiger partial charge >= 0.3 is 0 Å². The van der Waals surface area contributed by atoms with Crippen molar-refractivity contribution < 1.29 is 8.83 Å². The Hall–Kier alpha value is -6.58. The van der Waals surface area contributed by atoms with Crippen molar-refractivity contribution >= 4 is 76.3 Å². The fourth-order valence-electron chi connectivity index (χ4n) is 8.23. The molecule has 0 fully saturated rings. The van der Waals surface area contributed by atoms with Crippen LogP contribution in [-0.4, -0.2) is 4.57 Å². The molecule has 11 aromatic rings. The first-order chi connectivity index (χ1) is 24.3. The van der Waals surface area contributed by atoms with E-state index in [4.69, 9.17) is 8.83 Å². The Labute approximate surface area is 280 Å². The van der Waals surface area contributed by atoms with Crippen LogP contribution in [0.15, 0.2) is 173 Å². The molecule has 0 atom stereocenters. The third-order valence-electron chi connectivity index (χ3n) is 10.3. The Balaban J connectivity index is 1.25. The van der Waals surface area contributed by atoms with Crippen LogP contribution in [0.25, 0.3) is 104 Å². The highest BCUT2D eigenvalue weighted by Gasteiger charge is 2.23. The van der Waals surface area contributed by atoms with Crippen molar-refractivity contribution in [2.24, 2.45) is 0 Å². The Morgan fingerprint density at radius 2 is 0.939 bits per heavy atom. The average Bonchev–Trinajstić information content (AvgIpc) is 3.84. The maximum absolute atomic E-state index is 6.35. The summed E-state index contributed by atoms with van der Waals surface area (Å²) < 4.78 is 15.1. The number of furan rings is 2. The van der Waals surface area contributed by atoms with Crippen LogP contribution < -0.4 is 0 Å². The second-order valence-electron chi connectivity index (χ2n) is 12.8. The van der Waals surface area contributed by atoms with Crippen molar-refractivity contribution in [3.05, 3.63) is 164 Å². The number of nitrogens with zero attached hydrogens (tertiary/aromatic N) is 1. The summed E-state index contributed by atoms with van der Waals surface area (Å²) in [4.78, 5) is 0. The lowest BCUT2D eigenvalue weighted by Crippen LogP contribution is -1.93. The first-order valence-electron chi connectivity index (χ1n) is 16.7. The van der Waals surface area contributed by atoms with Gasteiger partial charge in [-0.05, 0) is 75.1 Å².